The summed E-state index contributed by atoms with van der Waals surface area (Å²) < 4.78 is 32.3. The van der Waals surface area contributed by atoms with Gasteiger partial charge >= 0.3 is 7.82 Å². The maximum Gasteiger partial charge on any atom is 0.469 e. The lowest BCUT2D eigenvalue weighted by Crippen LogP contribution is -2.26. The van der Waals surface area contributed by atoms with Crippen LogP contribution < -0.4 is 0 Å². The van der Waals surface area contributed by atoms with Gasteiger partial charge < -0.3 is 24.0 Å². The zero-order valence-electron chi connectivity index (χ0n) is 23.3. The first-order valence-corrected chi connectivity index (χ1v) is 15.8. The van der Waals surface area contributed by atoms with Gasteiger partial charge in [0.25, 0.3) is 0 Å². The Balaban J connectivity index is 3.34. The Bertz CT molecular complexity index is 486. The van der Waals surface area contributed by atoms with Crippen LogP contribution in [-0.2, 0) is 23.3 Å². The molecule has 0 heterocycles. The van der Waals surface area contributed by atoms with Crippen molar-refractivity contribution in [3.63, 3.8) is 0 Å². The van der Waals surface area contributed by atoms with E-state index in [1.165, 1.54) is 96.3 Å². The largest absolute Gasteiger partial charge is 0.469 e. The van der Waals surface area contributed by atoms with Crippen LogP contribution in [0.15, 0.2) is 0 Å². The summed E-state index contributed by atoms with van der Waals surface area (Å²) in [5.74, 6) is 0. The van der Waals surface area contributed by atoms with Crippen LogP contribution in [0.5, 0.6) is 0 Å². The first kappa shape index (κ1) is 35.0. The first-order chi connectivity index (χ1) is 16.7. The van der Waals surface area contributed by atoms with Gasteiger partial charge in [-0.3, -0.25) is 4.52 Å². The second-order valence-electron chi connectivity index (χ2n) is 10.1. The third-order valence-electron chi connectivity index (χ3n) is 6.04. The molecule has 8 heteroatoms. The van der Waals surface area contributed by atoms with Crippen molar-refractivity contribution in [1.82, 2.24) is 0 Å². The standard InChI is InChI=1S/C27H57O7P/c1-5-6-7-8-9-10-11-12-13-14-15-16-17-18-19-20-21-31-22-25(2)32-23-26(3)33-24-27(4)34-35(28,29)30/h25-27H,5-24H2,1-4H3,(H2,28,29,30). The van der Waals surface area contributed by atoms with E-state index in [2.05, 4.69) is 11.4 Å². The van der Waals surface area contributed by atoms with E-state index >= 15 is 0 Å². The highest BCUT2D eigenvalue weighted by molar-refractivity contribution is 7.46. The Kier molecular flexibility index (Phi) is 24.3. The van der Waals surface area contributed by atoms with Crippen LogP contribution in [0.3, 0.4) is 0 Å². The molecule has 0 amide bonds. The first-order valence-electron chi connectivity index (χ1n) is 14.3. The number of phosphoric ester groups is 1. The van der Waals surface area contributed by atoms with E-state index in [0.29, 0.717) is 13.2 Å². The molecule has 0 bridgehead atoms. The lowest BCUT2D eigenvalue weighted by Gasteiger charge is -2.20. The van der Waals surface area contributed by atoms with Crippen molar-refractivity contribution in [3.8, 4) is 0 Å². The van der Waals surface area contributed by atoms with Gasteiger partial charge in [0.15, 0.2) is 0 Å². The molecule has 2 N–H and O–H groups in total. The Morgan fingerprint density at radius 1 is 0.571 bits per heavy atom. The summed E-state index contributed by atoms with van der Waals surface area (Å²) in [6, 6.07) is 0. The number of ether oxygens (including phenoxy) is 3. The molecule has 0 saturated carbocycles. The van der Waals surface area contributed by atoms with E-state index in [1.807, 2.05) is 13.8 Å². The minimum absolute atomic E-state index is 0.0223. The smallest absolute Gasteiger partial charge is 0.379 e. The Hall–Kier alpha value is -0.0100. The highest BCUT2D eigenvalue weighted by Gasteiger charge is 2.19. The molecule has 0 aliphatic rings. The van der Waals surface area contributed by atoms with Crippen LogP contribution in [0, 0.1) is 0 Å². The van der Waals surface area contributed by atoms with Gasteiger partial charge in [-0.05, 0) is 27.2 Å². The topological polar surface area (TPSA) is 94.5 Å². The lowest BCUT2D eigenvalue weighted by molar-refractivity contribution is -0.0695. The molecule has 3 atom stereocenters. The lowest BCUT2D eigenvalue weighted by atomic mass is 10.0. The molecular formula is C27H57O7P. The number of hydrogen-bond donors (Lipinski definition) is 2. The Labute approximate surface area is 216 Å². The predicted molar refractivity (Wildman–Crippen MR) is 144 cm³/mol. The molecule has 35 heavy (non-hydrogen) atoms. The van der Waals surface area contributed by atoms with Crippen LogP contribution in [-0.4, -0.2) is 54.5 Å². The van der Waals surface area contributed by atoms with Gasteiger partial charge in [-0.1, -0.05) is 103 Å². The van der Waals surface area contributed by atoms with Gasteiger partial charge in [-0.2, -0.15) is 0 Å². The van der Waals surface area contributed by atoms with E-state index in [9.17, 15) is 4.57 Å². The van der Waals surface area contributed by atoms with Crippen LogP contribution >= 0.6 is 7.82 Å². The van der Waals surface area contributed by atoms with Gasteiger partial charge in [0.2, 0.25) is 0 Å². The van der Waals surface area contributed by atoms with E-state index < -0.39 is 13.9 Å². The quantitative estimate of drug-likeness (QED) is 0.0845. The fraction of sp³-hybridized carbons (Fsp3) is 1.00. The highest BCUT2D eigenvalue weighted by atomic mass is 31.2. The summed E-state index contributed by atoms with van der Waals surface area (Å²) in [4.78, 5) is 17.5. The van der Waals surface area contributed by atoms with Crippen molar-refractivity contribution >= 4 is 7.82 Å². The van der Waals surface area contributed by atoms with Gasteiger partial charge in [0, 0.05) is 6.61 Å². The second kappa shape index (κ2) is 24.3. The maximum absolute atomic E-state index is 10.8. The van der Waals surface area contributed by atoms with Crippen molar-refractivity contribution in [3.05, 3.63) is 0 Å². The zero-order chi connectivity index (χ0) is 26.2. The number of hydrogen-bond acceptors (Lipinski definition) is 5. The van der Waals surface area contributed by atoms with Crippen LogP contribution in [0.2, 0.25) is 0 Å². The van der Waals surface area contributed by atoms with Gasteiger partial charge in [0.05, 0.1) is 38.1 Å². The van der Waals surface area contributed by atoms with Gasteiger partial charge in [-0.15, -0.1) is 0 Å². The number of rotatable bonds is 27. The average molecular weight is 525 g/mol. The molecule has 0 aromatic heterocycles. The summed E-state index contributed by atoms with van der Waals surface area (Å²) >= 11 is 0. The average Bonchev–Trinajstić information content (AvgIpc) is 2.79. The summed E-state index contributed by atoms with van der Waals surface area (Å²) in [5, 5.41) is 0. The zero-order valence-corrected chi connectivity index (χ0v) is 24.2. The highest BCUT2D eigenvalue weighted by Crippen LogP contribution is 2.37. The molecular weight excluding hydrogens is 467 g/mol. The van der Waals surface area contributed by atoms with Crippen molar-refractivity contribution < 1.29 is 33.1 Å². The molecule has 0 aliphatic carbocycles. The fourth-order valence-electron chi connectivity index (χ4n) is 3.96. The molecule has 0 saturated heterocycles. The monoisotopic (exact) mass is 524 g/mol. The maximum atomic E-state index is 10.8. The molecule has 3 unspecified atom stereocenters. The van der Waals surface area contributed by atoms with Gasteiger partial charge in [-0.25, -0.2) is 4.57 Å². The molecule has 0 spiro atoms. The Morgan fingerprint density at radius 3 is 1.37 bits per heavy atom. The molecule has 0 aromatic rings. The third-order valence-corrected chi connectivity index (χ3v) is 6.68. The number of unbranched alkanes of at least 4 members (excludes halogenated alkanes) is 15. The molecule has 0 fully saturated rings. The van der Waals surface area contributed by atoms with Crippen molar-refractivity contribution in [2.75, 3.05) is 26.4 Å². The van der Waals surface area contributed by atoms with Crippen molar-refractivity contribution in [2.45, 2.75) is 149 Å². The second-order valence-corrected chi connectivity index (χ2v) is 11.3. The normalized spacial score (nSPS) is 14.8. The van der Waals surface area contributed by atoms with E-state index in [0.717, 1.165) is 13.0 Å². The van der Waals surface area contributed by atoms with E-state index in [-0.39, 0.29) is 18.8 Å². The summed E-state index contributed by atoms with van der Waals surface area (Å²) in [6.45, 7) is 9.49. The summed E-state index contributed by atoms with van der Waals surface area (Å²) in [7, 11) is -4.48. The van der Waals surface area contributed by atoms with Gasteiger partial charge in [0.1, 0.15) is 0 Å². The molecule has 0 rings (SSSR count). The number of phosphoric acid groups is 1. The minimum Gasteiger partial charge on any atom is -0.379 e. The summed E-state index contributed by atoms with van der Waals surface area (Å²) in [6.07, 6.45) is 21.0. The van der Waals surface area contributed by atoms with Crippen LogP contribution in [0.1, 0.15) is 130 Å². The fourth-order valence-corrected chi connectivity index (χ4v) is 4.49. The molecule has 0 aliphatic heterocycles. The minimum atomic E-state index is -4.48. The molecule has 212 valence electrons. The van der Waals surface area contributed by atoms with Crippen molar-refractivity contribution in [2.24, 2.45) is 0 Å². The van der Waals surface area contributed by atoms with Crippen LogP contribution in [0.25, 0.3) is 0 Å². The molecule has 0 radical (unpaired) electrons. The molecule has 0 aromatic carbocycles. The van der Waals surface area contributed by atoms with Crippen LogP contribution in [0.4, 0.5) is 0 Å². The summed E-state index contributed by atoms with van der Waals surface area (Å²) in [5.41, 5.74) is 0. The van der Waals surface area contributed by atoms with E-state index in [1.54, 1.807) is 6.92 Å². The Morgan fingerprint density at radius 2 is 0.943 bits per heavy atom. The predicted octanol–water partition coefficient (Wildman–Crippen LogP) is 7.57. The molecule has 7 nitrogen and oxygen atoms in total. The SMILES string of the molecule is CCCCCCCCCCCCCCCCCCOCC(C)OCC(C)OCC(C)OP(=O)(O)O. The van der Waals surface area contributed by atoms with E-state index in [4.69, 9.17) is 24.0 Å². The third kappa shape index (κ3) is 28.4. The van der Waals surface area contributed by atoms with Crippen molar-refractivity contribution in [1.29, 1.82) is 0 Å².